The quantitative estimate of drug-likeness (QED) is 0.443. The lowest BCUT2D eigenvalue weighted by Crippen LogP contribution is -2.16. The van der Waals surface area contributed by atoms with Gasteiger partial charge in [-0.2, -0.15) is 0 Å². The molecule has 4 aromatic rings. The number of benzene rings is 3. The molecule has 0 fully saturated rings. The van der Waals surface area contributed by atoms with Crippen LogP contribution in [0.5, 0.6) is 11.5 Å². The second-order valence-corrected chi connectivity index (χ2v) is 7.04. The van der Waals surface area contributed by atoms with E-state index in [1.54, 1.807) is 12.3 Å². The maximum atomic E-state index is 11.8. The topological polar surface area (TPSA) is 87.6 Å². The van der Waals surface area contributed by atoms with E-state index in [2.05, 4.69) is 4.98 Å². The van der Waals surface area contributed by atoms with Gasteiger partial charge in [0.2, 0.25) is 11.8 Å². The van der Waals surface area contributed by atoms with Gasteiger partial charge >= 0.3 is 0 Å². The van der Waals surface area contributed by atoms with Crippen molar-refractivity contribution in [1.29, 1.82) is 0 Å². The van der Waals surface area contributed by atoms with E-state index in [9.17, 15) is 4.79 Å². The second kappa shape index (κ2) is 9.17. The lowest BCUT2D eigenvalue weighted by atomic mass is 10.0. The Morgan fingerprint density at radius 2 is 1.65 bits per heavy atom. The van der Waals surface area contributed by atoms with Crippen LogP contribution in [0.1, 0.15) is 27.2 Å². The van der Waals surface area contributed by atoms with Crippen LogP contribution in [0.2, 0.25) is 0 Å². The molecule has 0 aliphatic rings. The van der Waals surface area contributed by atoms with Crippen LogP contribution in [0.15, 0.2) is 83.5 Å². The number of nitrogens with zero attached hydrogens (tertiary/aromatic N) is 1. The van der Waals surface area contributed by atoms with Crippen LogP contribution in [0, 0.1) is 6.92 Å². The zero-order valence-corrected chi connectivity index (χ0v) is 17.1. The summed E-state index contributed by atoms with van der Waals surface area (Å²) in [4.78, 5) is 16.2. The van der Waals surface area contributed by atoms with Gasteiger partial charge in [0.25, 0.3) is 0 Å². The van der Waals surface area contributed by atoms with E-state index in [-0.39, 0.29) is 13.2 Å². The Balaban J connectivity index is 1.39. The van der Waals surface area contributed by atoms with Gasteiger partial charge in [0.05, 0.1) is 0 Å². The molecule has 156 valence electrons. The number of carbonyl (C=O) groups is 1. The third-order valence-electron chi connectivity index (χ3n) is 4.76. The molecule has 1 heterocycles. The third kappa shape index (κ3) is 4.93. The summed E-state index contributed by atoms with van der Waals surface area (Å²) in [5, 5.41) is 0. The van der Waals surface area contributed by atoms with Crippen LogP contribution >= 0.6 is 0 Å². The summed E-state index contributed by atoms with van der Waals surface area (Å²) in [6.07, 6.45) is 1.59. The minimum absolute atomic E-state index is 0.229. The summed E-state index contributed by atoms with van der Waals surface area (Å²) in [7, 11) is 0. The van der Waals surface area contributed by atoms with Crippen molar-refractivity contribution < 1.29 is 18.7 Å². The predicted molar refractivity (Wildman–Crippen MR) is 117 cm³/mol. The first-order chi connectivity index (χ1) is 15.1. The number of aryl methyl sites for hydroxylation is 1. The molecule has 0 bridgehead atoms. The van der Waals surface area contributed by atoms with E-state index in [0.29, 0.717) is 28.6 Å². The van der Waals surface area contributed by atoms with Crippen molar-refractivity contribution in [3.05, 3.63) is 101 Å². The summed E-state index contributed by atoms with van der Waals surface area (Å²) in [5.74, 6) is 1.36. The number of oxazole rings is 1. The fourth-order valence-corrected chi connectivity index (χ4v) is 3.26. The molecule has 0 atom stereocenters. The number of aromatic nitrogens is 1. The highest BCUT2D eigenvalue weighted by molar-refractivity contribution is 5.95. The van der Waals surface area contributed by atoms with E-state index >= 15 is 0 Å². The number of carbonyl (C=O) groups excluding carboxylic acids is 1. The molecule has 4 rings (SSSR count). The molecule has 1 aromatic heterocycles. The zero-order chi connectivity index (χ0) is 21.6. The van der Waals surface area contributed by atoms with Crippen LogP contribution in [-0.4, -0.2) is 10.9 Å². The largest absolute Gasteiger partial charge is 0.489 e. The normalized spacial score (nSPS) is 10.6. The maximum absolute atomic E-state index is 11.8. The maximum Gasteiger partial charge on any atom is 0.249 e. The molecule has 0 saturated carbocycles. The molecule has 3 aromatic carbocycles. The fourth-order valence-electron chi connectivity index (χ4n) is 3.26. The van der Waals surface area contributed by atoms with Crippen molar-refractivity contribution in [2.75, 3.05) is 0 Å². The van der Waals surface area contributed by atoms with Gasteiger partial charge < -0.3 is 19.6 Å². The molecule has 6 heteroatoms. The van der Waals surface area contributed by atoms with E-state index in [1.165, 1.54) is 0 Å². The monoisotopic (exact) mass is 414 g/mol. The number of rotatable bonds is 8. The average Bonchev–Trinajstić information content (AvgIpc) is 3.26. The Morgan fingerprint density at radius 1 is 0.935 bits per heavy atom. The third-order valence-corrected chi connectivity index (χ3v) is 4.76. The van der Waals surface area contributed by atoms with Gasteiger partial charge in [0, 0.05) is 22.8 Å². The zero-order valence-electron chi connectivity index (χ0n) is 17.1. The summed E-state index contributed by atoms with van der Waals surface area (Å²) in [5.41, 5.74) is 9.19. The lowest BCUT2D eigenvalue weighted by molar-refractivity contribution is 0.0997. The number of ether oxygens (including phenoxy) is 2. The highest BCUT2D eigenvalue weighted by Crippen LogP contribution is 2.23. The van der Waals surface area contributed by atoms with Crippen molar-refractivity contribution in [2.45, 2.75) is 20.1 Å². The first kappa shape index (κ1) is 20.2. The van der Waals surface area contributed by atoms with Crippen LogP contribution in [0.25, 0.3) is 11.5 Å². The SMILES string of the molecule is Cc1cccc(COc2cccc(OCc3coc(-c4ccccc4)n3)c2)c1C(N)=O. The van der Waals surface area contributed by atoms with Crippen molar-refractivity contribution in [1.82, 2.24) is 4.98 Å². The summed E-state index contributed by atoms with van der Waals surface area (Å²) >= 11 is 0. The summed E-state index contributed by atoms with van der Waals surface area (Å²) < 4.78 is 17.2. The van der Waals surface area contributed by atoms with Gasteiger partial charge in [0.15, 0.2) is 0 Å². The van der Waals surface area contributed by atoms with Gasteiger partial charge in [-0.1, -0.05) is 42.5 Å². The van der Waals surface area contributed by atoms with Crippen LogP contribution in [-0.2, 0) is 13.2 Å². The first-order valence-electron chi connectivity index (χ1n) is 9.84. The van der Waals surface area contributed by atoms with Crippen LogP contribution in [0.4, 0.5) is 0 Å². The molecule has 0 aliphatic carbocycles. The lowest BCUT2D eigenvalue weighted by Gasteiger charge is -2.12. The molecule has 31 heavy (non-hydrogen) atoms. The van der Waals surface area contributed by atoms with Gasteiger partial charge in [-0.05, 0) is 36.8 Å². The number of primary amides is 1. The van der Waals surface area contributed by atoms with Crippen molar-refractivity contribution in [3.63, 3.8) is 0 Å². The van der Waals surface area contributed by atoms with E-state index < -0.39 is 5.91 Å². The Hall–Kier alpha value is -4.06. The van der Waals surface area contributed by atoms with Gasteiger partial charge in [-0.25, -0.2) is 4.98 Å². The molecule has 1 amide bonds. The van der Waals surface area contributed by atoms with Gasteiger partial charge in [-0.15, -0.1) is 0 Å². The van der Waals surface area contributed by atoms with Crippen LogP contribution < -0.4 is 15.2 Å². The van der Waals surface area contributed by atoms with Crippen molar-refractivity contribution in [3.8, 4) is 23.0 Å². The number of amides is 1. The van der Waals surface area contributed by atoms with Gasteiger partial charge in [0.1, 0.15) is 36.7 Å². The summed E-state index contributed by atoms with van der Waals surface area (Å²) in [6.45, 7) is 2.35. The van der Waals surface area contributed by atoms with Crippen molar-refractivity contribution >= 4 is 5.91 Å². The Morgan fingerprint density at radius 3 is 2.39 bits per heavy atom. The molecule has 6 nitrogen and oxygen atoms in total. The van der Waals surface area contributed by atoms with E-state index in [4.69, 9.17) is 19.6 Å². The van der Waals surface area contributed by atoms with Crippen molar-refractivity contribution in [2.24, 2.45) is 5.73 Å². The highest BCUT2D eigenvalue weighted by atomic mass is 16.5. The summed E-state index contributed by atoms with van der Waals surface area (Å²) in [6, 6.07) is 22.6. The smallest absolute Gasteiger partial charge is 0.249 e. The molecule has 2 N–H and O–H groups in total. The van der Waals surface area contributed by atoms with Crippen LogP contribution in [0.3, 0.4) is 0 Å². The molecule has 0 aliphatic heterocycles. The Bertz CT molecular complexity index is 1190. The Labute approximate surface area is 180 Å². The van der Waals surface area contributed by atoms with Gasteiger partial charge in [-0.3, -0.25) is 4.79 Å². The standard InChI is InChI=1S/C25H22N2O4/c1-17-7-5-10-19(23(17)24(26)28)14-29-21-11-6-12-22(13-21)30-15-20-16-31-25(27-20)18-8-3-2-4-9-18/h2-13,16H,14-15H2,1H3,(H2,26,28). The highest BCUT2D eigenvalue weighted by Gasteiger charge is 2.12. The number of nitrogens with two attached hydrogens (primary N) is 1. The minimum atomic E-state index is -0.462. The van der Waals surface area contributed by atoms with E-state index in [0.717, 1.165) is 16.7 Å². The predicted octanol–water partition coefficient (Wildman–Crippen LogP) is 4.91. The fraction of sp³-hybridized carbons (Fsp3) is 0.120. The minimum Gasteiger partial charge on any atom is -0.489 e. The molecular weight excluding hydrogens is 392 g/mol. The second-order valence-electron chi connectivity index (χ2n) is 7.04. The average molecular weight is 414 g/mol. The molecule has 0 saturated heterocycles. The molecule has 0 spiro atoms. The molecular formula is C25H22N2O4. The van der Waals surface area contributed by atoms with E-state index in [1.807, 2.05) is 73.7 Å². The number of hydrogen-bond donors (Lipinski definition) is 1. The number of hydrogen-bond acceptors (Lipinski definition) is 5. The first-order valence-corrected chi connectivity index (χ1v) is 9.84. The molecule has 0 radical (unpaired) electrons. The Kier molecular flexibility index (Phi) is 5.98. The molecule has 0 unspecified atom stereocenters.